The lowest BCUT2D eigenvalue weighted by atomic mass is 9.95. The average molecular weight is 233 g/mol. The number of fused-ring (bicyclic) bond motifs is 1. The van der Waals surface area contributed by atoms with Gasteiger partial charge in [-0.15, -0.1) is 23.1 Å². The highest BCUT2D eigenvalue weighted by Gasteiger charge is 2.25. The summed E-state index contributed by atoms with van der Waals surface area (Å²) in [5, 5.41) is 0. The van der Waals surface area contributed by atoms with E-state index < -0.39 is 0 Å². The van der Waals surface area contributed by atoms with Gasteiger partial charge in [-0.2, -0.15) is 0 Å². The van der Waals surface area contributed by atoms with E-state index in [1.165, 1.54) is 0 Å². The molecule has 0 spiro atoms. The summed E-state index contributed by atoms with van der Waals surface area (Å²) in [4.78, 5) is 11.6. The first-order valence-electron chi connectivity index (χ1n) is 4.12. The van der Waals surface area contributed by atoms with Gasteiger partial charge < -0.3 is 0 Å². The van der Waals surface area contributed by atoms with Gasteiger partial charge in [-0.05, 0) is 24.7 Å². The van der Waals surface area contributed by atoms with E-state index in [1.54, 1.807) is 23.1 Å². The number of hydrogen-bond donors (Lipinski definition) is 0. The zero-order chi connectivity index (χ0) is 9.42. The van der Waals surface area contributed by atoms with E-state index in [9.17, 15) is 4.79 Å². The number of thiophene rings is 1. The maximum atomic E-state index is 11.6. The Balaban J connectivity index is 2.58. The number of ketones is 1. The molecule has 0 saturated heterocycles. The maximum absolute atomic E-state index is 11.6. The Bertz CT molecular complexity index is 357. The third-order valence-corrected chi connectivity index (χ3v) is 4.82. The molecule has 13 heavy (non-hydrogen) atoms. The molecule has 1 heterocycles. The van der Waals surface area contributed by atoms with E-state index in [0.29, 0.717) is 6.42 Å². The number of thioether (sulfide) groups is 1. The van der Waals surface area contributed by atoms with Crippen LogP contribution in [0.15, 0.2) is 4.21 Å². The molecule has 1 aromatic rings. The molecule has 0 aliphatic heterocycles. The number of Topliss-reactive ketones (excluding diaryl/α,β-unsaturated/α-hetero) is 1. The van der Waals surface area contributed by atoms with Gasteiger partial charge >= 0.3 is 0 Å². The highest BCUT2D eigenvalue weighted by atomic mass is 35.5. The minimum Gasteiger partial charge on any atom is -0.294 e. The Morgan fingerprint density at radius 1 is 1.46 bits per heavy atom. The number of carbonyl (C=O) groups excluding carboxylic acids is 1. The van der Waals surface area contributed by atoms with E-state index in [4.69, 9.17) is 11.6 Å². The second kappa shape index (κ2) is 3.64. The second-order valence-electron chi connectivity index (χ2n) is 3.00. The van der Waals surface area contributed by atoms with Crippen molar-refractivity contribution in [3.05, 3.63) is 15.5 Å². The molecule has 1 aromatic heterocycles. The SMILES string of the molecule is CSc1sc(Cl)c2c1C(=O)CCC2. The molecule has 0 amide bonds. The Labute approximate surface area is 90.5 Å². The first kappa shape index (κ1) is 9.56. The Hall–Kier alpha value is 0.01000. The Morgan fingerprint density at radius 3 is 2.92 bits per heavy atom. The third kappa shape index (κ3) is 1.53. The van der Waals surface area contributed by atoms with Crippen LogP contribution in [-0.2, 0) is 6.42 Å². The highest BCUT2D eigenvalue weighted by molar-refractivity contribution is 8.00. The van der Waals surface area contributed by atoms with Crippen molar-refractivity contribution in [1.29, 1.82) is 0 Å². The molecule has 4 heteroatoms. The summed E-state index contributed by atoms with van der Waals surface area (Å²) in [5.74, 6) is 0.272. The van der Waals surface area contributed by atoms with Crippen molar-refractivity contribution in [2.24, 2.45) is 0 Å². The van der Waals surface area contributed by atoms with Gasteiger partial charge in [0.1, 0.15) is 0 Å². The summed E-state index contributed by atoms with van der Waals surface area (Å²) in [6, 6.07) is 0. The van der Waals surface area contributed by atoms with Crippen molar-refractivity contribution >= 4 is 40.5 Å². The van der Waals surface area contributed by atoms with Crippen molar-refractivity contribution in [1.82, 2.24) is 0 Å². The molecule has 70 valence electrons. The summed E-state index contributed by atoms with van der Waals surface area (Å²) < 4.78 is 1.90. The van der Waals surface area contributed by atoms with Gasteiger partial charge in [0.25, 0.3) is 0 Å². The van der Waals surface area contributed by atoms with Gasteiger partial charge in [0, 0.05) is 12.0 Å². The smallest absolute Gasteiger partial charge is 0.165 e. The number of halogens is 1. The van der Waals surface area contributed by atoms with E-state index in [0.717, 1.165) is 32.5 Å². The van der Waals surface area contributed by atoms with Crippen LogP contribution in [0.4, 0.5) is 0 Å². The van der Waals surface area contributed by atoms with E-state index in [1.807, 2.05) is 6.26 Å². The fourth-order valence-corrected chi connectivity index (χ4v) is 4.03. The second-order valence-corrected chi connectivity index (χ2v) is 5.70. The van der Waals surface area contributed by atoms with Crippen molar-refractivity contribution in [3.63, 3.8) is 0 Å². The molecule has 0 aromatic carbocycles. The number of hydrogen-bond acceptors (Lipinski definition) is 3. The molecule has 0 N–H and O–H groups in total. The lowest BCUT2D eigenvalue weighted by Gasteiger charge is -2.10. The van der Waals surface area contributed by atoms with Gasteiger partial charge in [-0.25, -0.2) is 0 Å². The number of carbonyl (C=O) groups is 1. The summed E-state index contributed by atoms with van der Waals surface area (Å²) in [6.45, 7) is 0. The summed E-state index contributed by atoms with van der Waals surface area (Å²) >= 11 is 9.22. The van der Waals surface area contributed by atoms with Gasteiger partial charge in [-0.1, -0.05) is 11.6 Å². The monoisotopic (exact) mass is 232 g/mol. The van der Waals surface area contributed by atoms with E-state index in [-0.39, 0.29) is 5.78 Å². The quantitative estimate of drug-likeness (QED) is 0.688. The average Bonchev–Trinajstić information content (AvgIpc) is 2.45. The summed E-state index contributed by atoms with van der Waals surface area (Å²) in [5.41, 5.74) is 2.00. The fraction of sp³-hybridized carbons (Fsp3) is 0.444. The lowest BCUT2D eigenvalue weighted by molar-refractivity contribution is 0.0970. The zero-order valence-corrected chi connectivity index (χ0v) is 9.61. The normalized spacial score (nSPS) is 16.0. The maximum Gasteiger partial charge on any atom is 0.165 e. The highest BCUT2D eigenvalue weighted by Crippen LogP contribution is 2.41. The van der Waals surface area contributed by atoms with Crippen LogP contribution in [0.25, 0.3) is 0 Å². The molecule has 1 nitrogen and oxygen atoms in total. The van der Waals surface area contributed by atoms with E-state index in [2.05, 4.69) is 0 Å². The Morgan fingerprint density at radius 2 is 2.23 bits per heavy atom. The molecule has 2 rings (SSSR count). The van der Waals surface area contributed by atoms with Crippen molar-refractivity contribution in [2.45, 2.75) is 23.5 Å². The minimum absolute atomic E-state index is 0.272. The molecule has 0 unspecified atom stereocenters. The Kier molecular flexibility index (Phi) is 2.67. The van der Waals surface area contributed by atoms with Crippen LogP contribution in [0, 0.1) is 0 Å². The van der Waals surface area contributed by atoms with Crippen molar-refractivity contribution in [3.8, 4) is 0 Å². The van der Waals surface area contributed by atoms with Crippen molar-refractivity contribution < 1.29 is 4.79 Å². The van der Waals surface area contributed by atoms with Crippen molar-refractivity contribution in [2.75, 3.05) is 6.26 Å². The van der Waals surface area contributed by atoms with Crippen LogP contribution in [-0.4, -0.2) is 12.0 Å². The van der Waals surface area contributed by atoms with Crippen LogP contribution in [0.5, 0.6) is 0 Å². The van der Waals surface area contributed by atoms with Crippen LogP contribution < -0.4 is 0 Å². The van der Waals surface area contributed by atoms with Gasteiger partial charge in [0.2, 0.25) is 0 Å². The molecular formula is C9H9ClOS2. The third-order valence-electron chi connectivity index (χ3n) is 2.22. The van der Waals surface area contributed by atoms with E-state index >= 15 is 0 Å². The lowest BCUT2D eigenvalue weighted by Crippen LogP contribution is -2.09. The largest absolute Gasteiger partial charge is 0.294 e. The predicted octanol–water partition coefficient (Wildman–Crippen LogP) is 3.64. The van der Waals surface area contributed by atoms with Crippen LogP contribution in [0.2, 0.25) is 4.34 Å². The molecule has 0 fully saturated rings. The first-order chi connectivity index (χ1) is 6.24. The molecule has 0 radical (unpaired) electrons. The molecule has 0 atom stereocenters. The fourth-order valence-electron chi connectivity index (χ4n) is 1.62. The minimum atomic E-state index is 0.272. The van der Waals surface area contributed by atoms with Crippen LogP contribution in [0.1, 0.15) is 28.8 Å². The molecule has 1 aliphatic carbocycles. The van der Waals surface area contributed by atoms with Gasteiger partial charge in [-0.3, -0.25) is 4.79 Å². The van der Waals surface area contributed by atoms with Gasteiger partial charge in [0.15, 0.2) is 5.78 Å². The molecule has 0 bridgehead atoms. The summed E-state index contributed by atoms with van der Waals surface area (Å²) in [7, 11) is 0. The molecule has 1 aliphatic rings. The molecular weight excluding hydrogens is 224 g/mol. The van der Waals surface area contributed by atoms with Gasteiger partial charge in [0.05, 0.1) is 8.55 Å². The standard InChI is InChI=1S/C9H9ClOS2/c1-12-9-7-5(8(10)13-9)3-2-4-6(7)11/h2-4H2,1H3. The molecule has 0 saturated carbocycles. The number of rotatable bonds is 1. The summed E-state index contributed by atoms with van der Waals surface area (Å²) in [6.07, 6.45) is 4.60. The zero-order valence-electron chi connectivity index (χ0n) is 7.22. The van der Waals surface area contributed by atoms with Crippen LogP contribution >= 0.6 is 34.7 Å². The topological polar surface area (TPSA) is 17.1 Å². The predicted molar refractivity (Wildman–Crippen MR) is 58.4 cm³/mol. The van der Waals surface area contributed by atoms with Crippen LogP contribution in [0.3, 0.4) is 0 Å². The first-order valence-corrected chi connectivity index (χ1v) is 6.54.